The van der Waals surface area contributed by atoms with Gasteiger partial charge in [0.25, 0.3) is 0 Å². The molecule has 0 saturated carbocycles. The molecule has 0 aliphatic heterocycles. The van der Waals surface area contributed by atoms with Gasteiger partial charge in [-0.25, -0.2) is 13.6 Å². The van der Waals surface area contributed by atoms with Gasteiger partial charge in [-0.2, -0.15) is 0 Å². The van der Waals surface area contributed by atoms with Gasteiger partial charge in [0.15, 0.2) is 0 Å². The zero-order valence-corrected chi connectivity index (χ0v) is 14.1. The van der Waals surface area contributed by atoms with Gasteiger partial charge in [0.05, 0.1) is 11.5 Å². The summed E-state index contributed by atoms with van der Waals surface area (Å²) >= 11 is 0. The van der Waals surface area contributed by atoms with E-state index < -0.39 is 10.0 Å². The van der Waals surface area contributed by atoms with Gasteiger partial charge in [-0.05, 0) is 42.5 Å². The summed E-state index contributed by atoms with van der Waals surface area (Å²) in [6.07, 6.45) is 5.50. The lowest BCUT2D eigenvalue weighted by Crippen LogP contribution is -2.13. The molecule has 1 aromatic rings. The quantitative estimate of drug-likeness (QED) is 0.705. The first-order valence-corrected chi connectivity index (χ1v) is 9.24. The van der Waals surface area contributed by atoms with Crippen molar-refractivity contribution in [2.24, 2.45) is 5.14 Å². The Balaban J connectivity index is 2.87. The molecular formula is C16H27NO3S. The Bertz CT molecular complexity index is 540. The molecule has 1 rings (SSSR count). The summed E-state index contributed by atoms with van der Waals surface area (Å²) in [6, 6.07) is 4.88. The van der Waals surface area contributed by atoms with E-state index in [1.54, 1.807) is 12.1 Å². The van der Waals surface area contributed by atoms with E-state index in [9.17, 15) is 8.42 Å². The van der Waals surface area contributed by atoms with Crippen LogP contribution in [-0.2, 0) is 10.0 Å². The summed E-state index contributed by atoms with van der Waals surface area (Å²) < 4.78 is 28.8. The van der Waals surface area contributed by atoms with Crippen molar-refractivity contribution in [1.82, 2.24) is 0 Å². The second-order valence-electron chi connectivity index (χ2n) is 5.46. The first-order valence-electron chi connectivity index (χ1n) is 7.69. The van der Waals surface area contributed by atoms with E-state index in [4.69, 9.17) is 9.88 Å². The number of hydrogen-bond acceptors (Lipinski definition) is 3. The molecule has 0 aliphatic rings. The average Bonchev–Trinajstić information content (AvgIpc) is 2.45. The molecule has 0 aliphatic carbocycles. The molecule has 120 valence electrons. The van der Waals surface area contributed by atoms with Crippen molar-refractivity contribution in [2.45, 2.75) is 63.7 Å². The normalized spacial score (nSPS) is 13.1. The van der Waals surface area contributed by atoms with E-state index in [2.05, 4.69) is 20.8 Å². The maximum Gasteiger partial charge on any atom is 0.238 e. The summed E-state index contributed by atoms with van der Waals surface area (Å²) in [5.41, 5.74) is 0.916. The van der Waals surface area contributed by atoms with Crippen LogP contribution in [0.2, 0.25) is 0 Å². The van der Waals surface area contributed by atoms with E-state index in [0.29, 0.717) is 6.61 Å². The lowest BCUT2D eigenvalue weighted by molar-refractivity contribution is 0.300. The molecule has 0 fully saturated rings. The zero-order chi connectivity index (χ0) is 15.9. The summed E-state index contributed by atoms with van der Waals surface area (Å²) in [4.78, 5) is 0.149. The molecule has 0 bridgehead atoms. The highest BCUT2D eigenvalue weighted by Gasteiger charge is 2.15. The van der Waals surface area contributed by atoms with Crippen molar-refractivity contribution >= 4 is 10.0 Å². The van der Waals surface area contributed by atoms with Crippen LogP contribution < -0.4 is 9.88 Å². The molecule has 4 nitrogen and oxygen atoms in total. The maximum atomic E-state index is 11.5. The van der Waals surface area contributed by atoms with Gasteiger partial charge in [-0.15, -0.1) is 0 Å². The third-order valence-corrected chi connectivity index (χ3v) is 4.62. The van der Waals surface area contributed by atoms with E-state index in [0.717, 1.165) is 30.6 Å². The van der Waals surface area contributed by atoms with Crippen LogP contribution in [0.1, 0.15) is 64.4 Å². The largest absolute Gasteiger partial charge is 0.493 e. The molecule has 0 heterocycles. The number of benzene rings is 1. The number of sulfonamides is 1. The lowest BCUT2D eigenvalue weighted by atomic mass is 9.98. The highest BCUT2D eigenvalue weighted by Crippen LogP contribution is 2.31. The fourth-order valence-corrected chi connectivity index (χ4v) is 2.70. The molecule has 0 amide bonds. The second kappa shape index (κ2) is 8.39. The number of nitrogens with two attached hydrogens (primary N) is 1. The predicted molar refractivity (Wildman–Crippen MR) is 86.2 cm³/mol. The molecule has 1 aromatic carbocycles. The van der Waals surface area contributed by atoms with Gasteiger partial charge < -0.3 is 4.74 Å². The van der Waals surface area contributed by atoms with Crippen molar-refractivity contribution in [1.29, 1.82) is 0 Å². The molecule has 1 unspecified atom stereocenters. The Labute approximate surface area is 128 Å². The number of primary sulfonamides is 1. The fraction of sp³-hybridized carbons (Fsp3) is 0.625. The molecule has 0 saturated heterocycles. The summed E-state index contributed by atoms with van der Waals surface area (Å²) in [6.45, 7) is 6.97. The van der Waals surface area contributed by atoms with Crippen molar-refractivity contribution in [3.05, 3.63) is 23.8 Å². The van der Waals surface area contributed by atoms with Gasteiger partial charge in [0.1, 0.15) is 5.75 Å². The van der Waals surface area contributed by atoms with Crippen molar-refractivity contribution in [3.63, 3.8) is 0 Å². The summed E-state index contributed by atoms with van der Waals surface area (Å²) in [5.74, 6) is 1.01. The van der Waals surface area contributed by atoms with Gasteiger partial charge in [0, 0.05) is 0 Å². The number of hydrogen-bond donors (Lipinski definition) is 1. The Hall–Kier alpha value is -1.07. The minimum absolute atomic E-state index is 0.149. The van der Waals surface area contributed by atoms with Crippen LogP contribution in [-0.4, -0.2) is 15.0 Å². The molecule has 0 radical (unpaired) electrons. The van der Waals surface area contributed by atoms with Gasteiger partial charge >= 0.3 is 0 Å². The summed E-state index contributed by atoms with van der Waals surface area (Å²) in [5, 5.41) is 5.20. The van der Waals surface area contributed by atoms with Crippen molar-refractivity contribution in [2.75, 3.05) is 6.61 Å². The van der Waals surface area contributed by atoms with E-state index >= 15 is 0 Å². The first-order chi connectivity index (χ1) is 9.90. The van der Waals surface area contributed by atoms with Gasteiger partial charge in [-0.3, -0.25) is 0 Å². The van der Waals surface area contributed by atoms with E-state index in [1.165, 1.54) is 18.9 Å². The van der Waals surface area contributed by atoms with E-state index in [1.807, 2.05) is 0 Å². The van der Waals surface area contributed by atoms with Crippen LogP contribution in [0.3, 0.4) is 0 Å². The molecule has 0 aromatic heterocycles. The molecule has 2 N–H and O–H groups in total. The molecular weight excluding hydrogens is 286 g/mol. The van der Waals surface area contributed by atoms with Gasteiger partial charge in [0.2, 0.25) is 10.0 Å². The molecule has 5 heteroatoms. The second-order valence-corrected chi connectivity index (χ2v) is 7.02. The zero-order valence-electron chi connectivity index (χ0n) is 13.3. The monoisotopic (exact) mass is 313 g/mol. The fourth-order valence-electron chi connectivity index (χ4n) is 2.15. The van der Waals surface area contributed by atoms with Crippen LogP contribution in [0.25, 0.3) is 0 Å². The smallest absolute Gasteiger partial charge is 0.238 e. The SMILES string of the molecule is CCCCCCOc1ccc(S(N)(=O)=O)cc1C(C)CC. The lowest BCUT2D eigenvalue weighted by Gasteiger charge is -2.17. The van der Waals surface area contributed by atoms with E-state index in [-0.39, 0.29) is 10.8 Å². The Morgan fingerprint density at radius 2 is 1.90 bits per heavy atom. The maximum absolute atomic E-state index is 11.5. The van der Waals surface area contributed by atoms with Crippen LogP contribution >= 0.6 is 0 Å². The van der Waals surface area contributed by atoms with Crippen molar-refractivity contribution < 1.29 is 13.2 Å². The molecule has 0 spiro atoms. The third kappa shape index (κ3) is 5.67. The number of rotatable bonds is 9. The Morgan fingerprint density at radius 3 is 2.48 bits per heavy atom. The first kappa shape index (κ1) is 18.0. The standard InChI is InChI=1S/C16H27NO3S/c1-4-6-7-8-11-20-16-10-9-14(21(17,18)19)12-15(16)13(3)5-2/h9-10,12-13H,4-8,11H2,1-3H3,(H2,17,18,19). The van der Waals surface area contributed by atoms with Gasteiger partial charge in [-0.1, -0.05) is 40.0 Å². The summed E-state index contributed by atoms with van der Waals surface area (Å²) in [7, 11) is -3.67. The van der Waals surface area contributed by atoms with Crippen LogP contribution in [0.5, 0.6) is 5.75 Å². The number of ether oxygens (including phenoxy) is 1. The Morgan fingerprint density at radius 1 is 1.19 bits per heavy atom. The molecule has 21 heavy (non-hydrogen) atoms. The van der Waals surface area contributed by atoms with Crippen LogP contribution in [0, 0.1) is 0 Å². The average molecular weight is 313 g/mol. The minimum Gasteiger partial charge on any atom is -0.493 e. The highest BCUT2D eigenvalue weighted by atomic mass is 32.2. The van der Waals surface area contributed by atoms with Crippen LogP contribution in [0.15, 0.2) is 23.1 Å². The molecule has 1 atom stereocenters. The number of unbranched alkanes of at least 4 members (excludes halogenated alkanes) is 3. The Kier molecular flexibility index (Phi) is 7.18. The highest BCUT2D eigenvalue weighted by molar-refractivity contribution is 7.89. The predicted octanol–water partition coefficient (Wildman–Crippen LogP) is 3.81. The third-order valence-electron chi connectivity index (χ3n) is 3.71. The topological polar surface area (TPSA) is 69.4 Å². The minimum atomic E-state index is -3.67. The van der Waals surface area contributed by atoms with Crippen LogP contribution in [0.4, 0.5) is 0 Å². The van der Waals surface area contributed by atoms with Crippen molar-refractivity contribution in [3.8, 4) is 5.75 Å².